The molecule has 0 fully saturated rings. The average Bonchev–Trinajstić information content (AvgIpc) is 3.36. The molecular weight excluding hydrogens is 442 g/mol. The fourth-order valence-electron chi connectivity index (χ4n) is 3.96. The van der Waals surface area contributed by atoms with Crippen molar-refractivity contribution >= 4 is 29.5 Å². The van der Waals surface area contributed by atoms with Gasteiger partial charge in [-0.2, -0.15) is 4.37 Å². The van der Waals surface area contributed by atoms with Crippen LogP contribution in [0.25, 0.3) is 11.1 Å². The highest BCUT2D eigenvalue weighted by molar-refractivity contribution is 7.05. The third-order valence-electron chi connectivity index (χ3n) is 5.44. The summed E-state index contributed by atoms with van der Waals surface area (Å²) in [6.45, 7) is 2.11. The number of amides is 2. The summed E-state index contributed by atoms with van der Waals surface area (Å²) in [6, 6.07) is 16.5. The predicted octanol–water partition coefficient (Wildman–Crippen LogP) is 3.45. The van der Waals surface area contributed by atoms with Crippen molar-refractivity contribution in [2.24, 2.45) is 0 Å². The molecule has 1 atom stereocenters. The lowest BCUT2D eigenvalue weighted by Crippen LogP contribution is -2.47. The summed E-state index contributed by atoms with van der Waals surface area (Å²) in [5.74, 6) is -1.94. The first-order valence-corrected chi connectivity index (χ1v) is 11.2. The number of nitrogens with zero attached hydrogens (tertiary/aromatic N) is 1. The first kappa shape index (κ1) is 22.5. The summed E-state index contributed by atoms with van der Waals surface area (Å²) in [7, 11) is 0. The number of benzene rings is 2. The molecule has 0 bridgehead atoms. The first-order chi connectivity index (χ1) is 15.9. The maximum atomic E-state index is 12.5. The average molecular weight is 466 g/mol. The summed E-state index contributed by atoms with van der Waals surface area (Å²) < 4.78 is 9.57. The van der Waals surface area contributed by atoms with E-state index in [-0.39, 0.29) is 19.1 Å². The Morgan fingerprint density at radius 1 is 1.09 bits per heavy atom. The minimum absolute atomic E-state index is 0.0708. The number of aryl methyl sites for hydroxylation is 1. The number of aromatic nitrogens is 1. The Bertz CT molecular complexity index is 1150. The Morgan fingerprint density at radius 3 is 2.30 bits per heavy atom. The van der Waals surface area contributed by atoms with Gasteiger partial charge in [-0.25, -0.2) is 4.79 Å². The van der Waals surface area contributed by atoms with Crippen molar-refractivity contribution in [2.75, 3.05) is 6.61 Å². The van der Waals surface area contributed by atoms with E-state index < -0.39 is 30.4 Å². The number of hydrogen-bond acceptors (Lipinski definition) is 6. The molecule has 0 aliphatic heterocycles. The van der Waals surface area contributed by atoms with E-state index in [1.54, 1.807) is 0 Å². The van der Waals surface area contributed by atoms with Crippen LogP contribution in [0, 0.1) is 6.92 Å². The van der Waals surface area contributed by atoms with E-state index in [1.165, 1.54) is 11.5 Å². The van der Waals surface area contributed by atoms with Gasteiger partial charge in [-0.3, -0.25) is 9.59 Å². The summed E-state index contributed by atoms with van der Waals surface area (Å²) in [5, 5.41) is 14.2. The Kier molecular flexibility index (Phi) is 6.69. The highest BCUT2D eigenvalue weighted by Gasteiger charge is 2.30. The van der Waals surface area contributed by atoms with Gasteiger partial charge in [0.15, 0.2) is 0 Å². The lowest BCUT2D eigenvalue weighted by Gasteiger charge is -2.18. The monoisotopic (exact) mass is 465 g/mol. The molecule has 3 aromatic rings. The summed E-state index contributed by atoms with van der Waals surface area (Å²) in [4.78, 5) is 37.1. The van der Waals surface area contributed by atoms with Crippen molar-refractivity contribution in [3.05, 3.63) is 76.3 Å². The van der Waals surface area contributed by atoms with Gasteiger partial charge in [0.05, 0.1) is 18.7 Å². The maximum Gasteiger partial charge on any atom is 0.407 e. The molecule has 0 saturated carbocycles. The molecule has 4 rings (SSSR count). The van der Waals surface area contributed by atoms with Crippen LogP contribution in [0.15, 0.2) is 54.6 Å². The zero-order valence-corrected chi connectivity index (χ0v) is 18.7. The van der Waals surface area contributed by atoms with Gasteiger partial charge in [-0.05, 0) is 46.8 Å². The molecule has 0 saturated heterocycles. The fourth-order valence-corrected chi connectivity index (χ4v) is 4.64. The molecule has 3 N–H and O–H groups in total. The third-order valence-corrected chi connectivity index (χ3v) is 6.32. The van der Waals surface area contributed by atoms with Crippen molar-refractivity contribution in [2.45, 2.75) is 31.8 Å². The predicted molar refractivity (Wildman–Crippen MR) is 123 cm³/mol. The van der Waals surface area contributed by atoms with E-state index in [0.29, 0.717) is 0 Å². The number of nitrogens with one attached hydrogen (secondary N) is 2. The van der Waals surface area contributed by atoms with Crippen LogP contribution >= 0.6 is 11.5 Å². The van der Waals surface area contributed by atoms with E-state index >= 15 is 0 Å². The number of alkyl carbamates (subject to hydrolysis) is 1. The number of carbonyl (C=O) groups is 3. The minimum Gasteiger partial charge on any atom is -0.481 e. The smallest absolute Gasteiger partial charge is 0.407 e. The van der Waals surface area contributed by atoms with Gasteiger partial charge < -0.3 is 20.5 Å². The van der Waals surface area contributed by atoms with Gasteiger partial charge in [0.25, 0.3) is 0 Å². The molecule has 170 valence electrons. The number of carboxylic acid groups (broad SMARTS) is 1. The molecule has 1 aliphatic rings. The Hall–Kier alpha value is -3.72. The van der Waals surface area contributed by atoms with E-state index in [4.69, 9.17) is 4.74 Å². The molecule has 2 amide bonds. The molecule has 33 heavy (non-hydrogen) atoms. The van der Waals surface area contributed by atoms with Crippen LogP contribution in [0.3, 0.4) is 0 Å². The van der Waals surface area contributed by atoms with Gasteiger partial charge >= 0.3 is 12.1 Å². The van der Waals surface area contributed by atoms with Gasteiger partial charge in [0, 0.05) is 10.8 Å². The number of fused-ring (bicyclic) bond motifs is 3. The molecule has 1 heterocycles. The van der Waals surface area contributed by atoms with E-state index in [0.717, 1.165) is 32.8 Å². The molecule has 1 aliphatic carbocycles. The van der Waals surface area contributed by atoms with Crippen molar-refractivity contribution in [1.29, 1.82) is 0 Å². The second kappa shape index (κ2) is 9.83. The topological polar surface area (TPSA) is 118 Å². The number of hydrogen-bond donors (Lipinski definition) is 3. The lowest BCUT2D eigenvalue weighted by molar-refractivity contribution is -0.139. The molecule has 2 aromatic carbocycles. The standard InChI is InChI=1S/C24H23N3O5S/c1-14-10-15(33-27-14)12-25-23(30)21(11-22(28)29)26-24(31)32-13-20-18-8-4-2-6-16(18)17-7-3-5-9-19(17)20/h2-10,20-21H,11-13H2,1H3,(H,25,30)(H,26,31)(H,28,29). The number of ether oxygens (including phenoxy) is 1. The van der Waals surface area contributed by atoms with Gasteiger partial charge in [0.1, 0.15) is 12.6 Å². The quantitative estimate of drug-likeness (QED) is 0.469. The normalized spacial score (nSPS) is 13.0. The molecule has 1 aromatic heterocycles. The Morgan fingerprint density at radius 2 is 1.73 bits per heavy atom. The number of carboxylic acids is 1. The highest BCUT2D eigenvalue weighted by atomic mass is 32.1. The zero-order valence-electron chi connectivity index (χ0n) is 17.9. The van der Waals surface area contributed by atoms with Crippen molar-refractivity contribution < 1.29 is 24.2 Å². The van der Waals surface area contributed by atoms with Crippen LogP contribution in [-0.2, 0) is 20.9 Å². The number of rotatable bonds is 8. The van der Waals surface area contributed by atoms with E-state index in [1.807, 2.05) is 61.5 Å². The van der Waals surface area contributed by atoms with Crippen LogP contribution in [0.2, 0.25) is 0 Å². The largest absolute Gasteiger partial charge is 0.481 e. The van der Waals surface area contributed by atoms with Crippen molar-refractivity contribution in [3.8, 4) is 11.1 Å². The highest BCUT2D eigenvalue weighted by Crippen LogP contribution is 2.44. The Labute approximate surface area is 194 Å². The zero-order chi connectivity index (χ0) is 23.4. The van der Waals surface area contributed by atoms with Crippen molar-refractivity contribution in [1.82, 2.24) is 15.0 Å². The van der Waals surface area contributed by atoms with Crippen LogP contribution < -0.4 is 10.6 Å². The Balaban J connectivity index is 1.38. The van der Waals surface area contributed by atoms with E-state index in [9.17, 15) is 19.5 Å². The molecule has 9 heteroatoms. The van der Waals surface area contributed by atoms with Crippen LogP contribution in [0.4, 0.5) is 4.79 Å². The number of aliphatic carboxylic acids is 1. The maximum absolute atomic E-state index is 12.5. The fraction of sp³-hybridized carbons (Fsp3) is 0.250. The summed E-state index contributed by atoms with van der Waals surface area (Å²) in [6.07, 6.45) is -1.40. The van der Waals surface area contributed by atoms with Crippen LogP contribution in [0.5, 0.6) is 0 Å². The molecular formula is C24H23N3O5S. The van der Waals surface area contributed by atoms with E-state index in [2.05, 4.69) is 15.0 Å². The second-order valence-electron chi connectivity index (χ2n) is 7.77. The lowest BCUT2D eigenvalue weighted by atomic mass is 9.98. The van der Waals surface area contributed by atoms with Gasteiger partial charge in [0.2, 0.25) is 5.91 Å². The second-order valence-corrected chi connectivity index (χ2v) is 8.66. The minimum atomic E-state index is -1.26. The molecule has 1 unspecified atom stereocenters. The number of carbonyl (C=O) groups excluding carboxylic acids is 2. The molecule has 8 nitrogen and oxygen atoms in total. The van der Waals surface area contributed by atoms with Gasteiger partial charge in [-0.1, -0.05) is 48.5 Å². The van der Waals surface area contributed by atoms with Gasteiger partial charge in [-0.15, -0.1) is 0 Å². The first-order valence-electron chi connectivity index (χ1n) is 10.5. The SMILES string of the molecule is Cc1cc(CNC(=O)C(CC(=O)O)NC(=O)OCC2c3ccccc3-c3ccccc32)sn1. The summed E-state index contributed by atoms with van der Waals surface area (Å²) >= 11 is 1.25. The van der Waals surface area contributed by atoms with Crippen LogP contribution in [-0.4, -0.2) is 40.1 Å². The summed E-state index contributed by atoms with van der Waals surface area (Å²) in [5.41, 5.74) is 5.16. The molecule has 0 spiro atoms. The van der Waals surface area contributed by atoms with Crippen molar-refractivity contribution in [3.63, 3.8) is 0 Å². The third kappa shape index (κ3) is 5.20. The molecule has 0 radical (unpaired) electrons. The van der Waals surface area contributed by atoms with Crippen LogP contribution in [0.1, 0.15) is 34.0 Å².